The van der Waals surface area contributed by atoms with Gasteiger partial charge >= 0.3 is 0 Å². The van der Waals surface area contributed by atoms with Gasteiger partial charge in [-0.05, 0) is 42.2 Å². The van der Waals surface area contributed by atoms with Crippen LogP contribution in [0.5, 0.6) is 0 Å². The number of nitrogens with one attached hydrogen (secondary N) is 1. The predicted molar refractivity (Wildman–Crippen MR) is 73.9 cm³/mol. The highest BCUT2D eigenvalue weighted by molar-refractivity contribution is 5.35. The summed E-state index contributed by atoms with van der Waals surface area (Å²) in [7, 11) is 0. The molecule has 0 bridgehead atoms. The molecule has 100 valence electrons. The topological polar surface area (TPSA) is 50.9 Å². The van der Waals surface area contributed by atoms with Gasteiger partial charge in [0.2, 0.25) is 0 Å². The molecule has 0 radical (unpaired) electrons. The summed E-state index contributed by atoms with van der Waals surface area (Å²) >= 11 is 0. The number of hydrogen-bond donors (Lipinski definition) is 2. The maximum atomic E-state index is 13.3. The van der Waals surface area contributed by atoms with E-state index in [4.69, 9.17) is 5.84 Å². The highest BCUT2D eigenvalue weighted by Crippen LogP contribution is 2.24. The van der Waals surface area contributed by atoms with E-state index in [1.165, 1.54) is 6.07 Å². The molecule has 1 aromatic carbocycles. The molecular formula is C15H18FN3. The number of pyridine rings is 1. The van der Waals surface area contributed by atoms with Crippen molar-refractivity contribution in [1.29, 1.82) is 0 Å². The first kappa shape index (κ1) is 13.6. The minimum atomic E-state index is -0.226. The lowest BCUT2D eigenvalue weighted by Crippen LogP contribution is -2.30. The Hall–Kier alpha value is -1.78. The van der Waals surface area contributed by atoms with Gasteiger partial charge in [-0.3, -0.25) is 10.8 Å². The fraction of sp³-hybridized carbons (Fsp3) is 0.267. The normalized spacial score (nSPS) is 12.4. The highest BCUT2D eigenvalue weighted by atomic mass is 19.1. The molecule has 0 spiro atoms. The van der Waals surface area contributed by atoms with Crippen molar-refractivity contribution in [3.8, 4) is 0 Å². The fourth-order valence-corrected chi connectivity index (χ4v) is 2.19. The zero-order valence-electron chi connectivity index (χ0n) is 11.2. The van der Waals surface area contributed by atoms with Crippen LogP contribution < -0.4 is 11.3 Å². The molecule has 0 aliphatic rings. The van der Waals surface area contributed by atoms with Crippen molar-refractivity contribution >= 4 is 0 Å². The summed E-state index contributed by atoms with van der Waals surface area (Å²) in [4.78, 5) is 4.41. The van der Waals surface area contributed by atoms with Crippen LogP contribution in [-0.4, -0.2) is 4.98 Å². The van der Waals surface area contributed by atoms with Gasteiger partial charge in [0.25, 0.3) is 0 Å². The molecule has 4 heteroatoms. The van der Waals surface area contributed by atoms with Crippen LogP contribution in [0, 0.1) is 12.7 Å². The minimum absolute atomic E-state index is 0.212. The number of benzene rings is 1. The van der Waals surface area contributed by atoms with E-state index in [0.717, 1.165) is 23.2 Å². The van der Waals surface area contributed by atoms with Crippen molar-refractivity contribution in [2.75, 3.05) is 0 Å². The van der Waals surface area contributed by atoms with Crippen molar-refractivity contribution in [2.45, 2.75) is 26.3 Å². The summed E-state index contributed by atoms with van der Waals surface area (Å²) in [5, 5.41) is 0. The minimum Gasteiger partial charge on any atom is -0.271 e. The van der Waals surface area contributed by atoms with Gasteiger partial charge in [-0.25, -0.2) is 9.82 Å². The molecule has 1 unspecified atom stereocenters. The number of aromatic nitrogens is 1. The van der Waals surface area contributed by atoms with Crippen LogP contribution in [0.4, 0.5) is 4.39 Å². The summed E-state index contributed by atoms with van der Waals surface area (Å²) in [6, 6.07) is 8.71. The number of halogens is 1. The monoisotopic (exact) mass is 259 g/mol. The molecule has 19 heavy (non-hydrogen) atoms. The zero-order valence-corrected chi connectivity index (χ0v) is 11.2. The van der Waals surface area contributed by atoms with E-state index >= 15 is 0 Å². The van der Waals surface area contributed by atoms with Crippen LogP contribution in [0.1, 0.15) is 35.3 Å². The van der Waals surface area contributed by atoms with Gasteiger partial charge < -0.3 is 0 Å². The van der Waals surface area contributed by atoms with Crippen LogP contribution in [0.15, 0.2) is 36.5 Å². The Morgan fingerprint density at radius 2 is 2.16 bits per heavy atom. The number of hydrazine groups is 1. The van der Waals surface area contributed by atoms with E-state index in [1.807, 2.05) is 12.1 Å². The molecule has 0 saturated carbocycles. The smallest absolute Gasteiger partial charge is 0.126 e. The average Bonchev–Trinajstić information content (AvgIpc) is 2.44. The lowest BCUT2D eigenvalue weighted by Gasteiger charge is -2.19. The van der Waals surface area contributed by atoms with Crippen molar-refractivity contribution in [2.24, 2.45) is 5.84 Å². The van der Waals surface area contributed by atoms with Gasteiger partial charge in [0.1, 0.15) is 5.82 Å². The summed E-state index contributed by atoms with van der Waals surface area (Å²) in [5.41, 5.74) is 6.31. The molecule has 2 rings (SSSR count). The van der Waals surface area contributed by atoms with Crippen molar-refractivity contribution in [3.63, 3.8) is 0 Å². The molecular weight excluding hydrogens is 241 g/mol. The van der Waals surface area contributed by atoms with Gasteiger partial charge in [0, 0.05) is 6.20 Å². The molecule has 1 atom stereocenters. The molecule has 0 aliphatic heterocycles. The van der Waals surface area contributed by atoms with Gasteiger partial charge in [0.15, 0.2) is 0 Å². The molecule has 3 N–H and O–H groups in total. The van der Waals surface area contributed by atoms with Crippen molar-refractivity contribution in [3.05, 3.63) is 64.7 Å². The molecule has 1 heterocycles. The predicted octanol–water partition coefficient (Wildman–Crippen LogP) is 2.64. The van der Waals surface area contributed by atoms with Gasteiger partial charge in [0.05, 0.1) is 11.7 Å². The molecule has 3 nitrogen and oxygen atoms in total. The first-order valence-corrected chi connectivity index (χ1v) is 6.33. The molecule has 0 aliphatic carbocycles. The van der Waals surface area contributed by atoms with Crippen molar-refractivity contribution < 1.29 is 4.39 Å². The first-order chi connectivity index (χ1) is 9.17. The van der Waals surface area contributed by atoms with E-state index in [0.29, 0.717) is 5.56 Å². The van der Waals surface area contributed by atoms with Gasteiger partial charge in [-0.1, -0.05) is 25.1 Å². The highest BCUT2D eigenvalue weighted by Gasteiger charge is 2.17. The summed E-state index contributed by atoms with van der Waals surface area (Å²) < 4.78 is 13.3. The number of aryl methyl sites for hydroxylation is 2. The molecule has 2 aromatic rings. The van der Waals surface area contributed by atoms with E-state index in [2.05, 4.69) is 17.3 Å². The second kappa shape index (κ2) is 5.91. The van der Waals surface area contributed by atoms with Crippen LogP contribution in [0.3, 0.4) is 0 Å². The third kappa shape index (κ3) is 2.80. The third-order valence-corrected chi connectivity index (χ3v) is 3.26. The Kier molecular flexibility index (Phi) is 4.24. The van der Waals surface area contributed by atoms with Crippen molar-refractivity contribution in [1.82, 2.24) is 10.4 Å². The third-order valence-electron chi connectivity index (χ3n) is 3.26. The standard InChI is InChI=1S/C15H18FN3/c1-3-11-5-4-8-18-14(11)15(19-17)12-6-7-13(16)10(2)9-12/h4-9,15,19H,3,17H2,1-2H3. The SMILES string of the molecule is CCc1cccnc1C(NN)c1ccc(F)c(C)c1. The van der Waals surface area contributed by atoms with Crippen LogP contribution in [0.25, 0.3) is 0 Å². The van der Waals surface area contributed by atoms with Gasteiger partial charge in [-0.15, -0.1) is 0 Å². The van der Waals surface area contributed by atoms with E-state index in [1.54, 1.807) is 25.3 Å². The maximum Gasteiger partial charge on any atom is 0.126 e. The summed E-state index contributed by atoms with van der Waals surface area (Å²) in [5.74, 6) is 5.45. The fourth-order valence-electron chi connectivity index (χ4n) is 2.19. The van der Waals surface area contributed by atoms with E-state index in [-0.39, 0.29) is 11.9 Å². The maximum absolute atomic E-state index is 13.3. The largest absolute Gasteiger partial charge is 0.271 e. The average molecular weight is 259 g/mol. The first-order valence-electron chi connectivity index (χ1n) is 6.33. The molecule has 0 saturated heterocycles. The second-order valence-corrected chi connectivity index (χ2v) is 4.51. The Morgan fingerprint density at radius 3 is 2.79 bits per heavy atom. The number of hydrogen-bond acceptors (Lipinski definition) is 3. The van der Waals surface area contributed by atoms with Gasteiger partial charge in [-0.2, -0.15) is 0 Å². The lowest BCUT2D eigenvalue weighted by molar-refractivity contribution is 0.599. The second-order valence-electron chi connectivity index (χ2n) is 4.51. The van der Waals surface area contributed by atoms with Crippen LogP contribution >= 0.6 is 0 Å². The van der Waals surface area contributed by atoms with Crippen LogP contribution in [-0.2, 0) is 6.42 Å². The molecule has 0 amide bonds. The zero-order chi connectivity index (χ0) is 13.8. The van der Waals surface area contributed by atoms with Crippen LogP contribution in [0.2, 0.25) is 0 Å². The Morgan fingerprint density at radius 1 is 1.37 bits per heavy atom. The summed E-state index contributed by atoms with van der Waals surface area (Å²) in [6.45, 7) is 3.82. The summed E-state index contributed by atoms with van der Waals surface area (Å²) in [6.07, 6.45) is 2.62. The number of nitrogens with zero attached hydrogens (tertiary/aromatic N) is 1. The number of rotatable bonds is 4. The molecule has 1 aromatic heterocycles. The van der Waals surface area contributed by atoms with E-state index < -0.39 is 0 Å². The Balaban J connectivity index is 2.46. The van der Waals surface area contributed by atoms with E-state index in [9.17, 15) is 4.39 Å². The number of nitrogens with two attached hydrogens (primary N) is 1. The Bertz CT molecular complexity index is 569. The molecule has 0 fully saturated rings. The lowest BCUT2D eigenvalue weighted by atomic mass is 9.97. The quantitative estimate of drug-likeness (QED) is 0.655. The Labute approximate surface area is 112 Å².